The average Bonchev–Trinajstić information content (AvgIpc) is 2.57. The molecule has 0 aliphatic heterocycles. The Morgan fingerprint density at radius 2 is 1.68 bits per heavy atom. The lowest BCUT2D eigenvalue weighted by atomic mass is 10.1. The van der Waals surface area contributed by atoms with E-state index in [2.05, 4.69) is 5.32 Å². The van der Waals surface area contributed by atoms with E-state index in [1.54, 1.807) is 30.3 Å². The monoisotopic (exact) mass is 398 g/mol. The largest absolute Gasteiger partial charge is 0.354 e. The van der Waals surface area contributed by atoms with Crippen LogP contribution in [0.25, 0.3) is 0 Å². The van der Waals surface area contributed by atoms with Gasteiger partial charge in [0.25, 0.3) is 0 Å². The Morgan fingerprint density at radius 1 is 1.00 bits per heavy atom. The number of rotatable bonds is 6. The molecule has 0 aliphatic rings. The van der Waals surface area contributed by atoms with Crippen LogP contribution < -0.4 is 10.2 Å². The van der Waals surface area contributed by atoms with Gasteiger partial charge in [0.05, 0.1) is 10.0 Å². The molecule has 0 bridgehead atoms. The van der Waals surface area contributed by atoms with Crippen LogP contribution in [0.4, 0.5) is 5.69 Å². The van der Waals surface area contributed by atoms with Crippen LogP contribution in [0.2, 0.25) is 15.1 Å². The van der Waals surface area contributed by atoms with Crippen LogP contribution in [0.3, 0.4) is 0 Å². The Balaban J connectivity index is 1.92. The van der Waals surface area contributed by atoms with Gasteiger partial charge in [-0.2, -0.15) is 0 Å². The lowest BCUT2D eigenvalue weighted by molar-refractivity contribution is -0.123. The molecule has 0 fully saturated rings. The van der Waals surface area contributed by atoms with Gasteiger partial charge >= 0.3 is 0 Å². The molecule has 0 spiro atoms. The van der Waals surface area contributed by atoms with Crippen LogP contribution >= 0.6 is 34.8 Å². The van der Waals surface area contributed by atoms with Gasteiger partial charge in [0.2, 0.25) is 11.8 Å². The fourth-order valence-electron chi connectivity index (χ4n) is 2.23. The summed E-state index contributed by atoms with van der Waals surface area (Å²) in [5, 5.41) is 4.19. The summed E-state index contributed by atoms with van der Waals surface area (Å²) in [7, 11) is 0. The minimum Gasteiger partial charge on any atom is -0.354 e. The number of carbonyl (C=O) groups is 2. The first-order valence-corrected chi connectivity index (χ1v) is 8.74. The zero-order chi connectivity index (χ0) is 18.4. The van der Waals surface area contributed by atoms with Gasteiger partial charge in [0.15, 0.2) is 0 Å². The maximum absolute atomic E-state index is 12.1. The zero-order valence-electron chi connectivity index (χ0n) is 13.6. The van der Waals surface area contributed by atoms with E-state index in [0.29, 0.717) is 33.7 Å². The molecule has 7 heteroatoms. The number of hydrogen-bond donors (Lipinski definition) is 1. The molecule has 132 valence electrons. The number of amides is 2. The summed E-state index contributed by atoms with van der Waals surface area (Å²) < 4.78 is 0. The molecule has 0 aliphatic carbocycles. The molecule has 0 radical (unpaired) electrons. The average molecular weight is 400 g/mol. The molecule has 0 saturated heterocycles. The maximum Gasteiger partial charge on any atom is 0.240 e. The van der Waals surface area contributed by atoms with E-state index >= 15 is 0 Å². The number of halogens is 3. The normalized spacial score (nSPS) is 10.4. The van der Waals surface area contributed by atoms with Gasteiger partial charge in [-0.3, -0.25) is 9.59 Å². The molecule has 25 heavy (non-hydrogen) atoms. The Bertz CT molecular complexity index is 763. The lowest BCUT2D eigenvalue weighted by Crippen LogP contribution is -2.40. The molecule has 0 unspecified atom stereocenters. The maximum atomic E-state index is 12.1. The number of carbonyl (C=O) groups excluding carboxylic acids is 2. The minimum atomic E-state index is -0.258. The first-order chi connectivity index (χ1) is 11.9. The van der Waals surface area contributed by atoms with Gasteiger partial charge in [-0.25, -0.2) is 0 Å². The second-order valence-electron chi connectivity index (χ2n) is 5.43. The molecule has 2 rings (SSSR count). The van der Waals surface area contributed by atoms with Crippen LogP contribution in [0.15, 0.2) is 42.5 Å². The molecule has 0 saturated carbocycles. The van der Waals surface area contributed by atoms with Crippen molar-refractivity contribution in [2.24, 2.45) is 0 Å². The van der Waals surface area contributed by atoms with Gasteiger partial charge in [0, 0.05) is 24.2 Å². The van der Waals surface area contributed by atoms with Gasteiger partial charge in [-0.05, 0) is 42.3 Å². The summed E-state index contributed by atoms with van der Waals surface area (Å²) in [5.41, 5.74) is 1.59. The molecular weight excluding hydrogens is 383 g/mol. The molecule has 0 atom stereocenters. The fourth-order valence-corrected chi connectivity index (χ4v) is 2.65. The fraction of sp³-hybridized carbons (Fsp3) is 0.222. The van der Waals surface area contributed by atoms with Crippen LogP contribution in [-0.4, -0.2) is 24.9 Å². The van der Waals surface area contributed by atoms with Crippen molar-refractivity contribution >= 4 is 52.3 Å². The van der Waals surface area contributed by atoms with E-state index in [-0.39, 0.29) is 18.4 Å². The first-order valence-electron chi connectivity index (χ1n) is 7.61. The second-order valence-corrected chi connectivity index (χ2v) is 6.68. The van der Waals surface area contributed by atoms with E-state index < -0.39 is 0 Å². The number of nitrogens with one attached hydrogen (secondary N) is 1. The van der Waals surface area contributed by atoms with Crippen LogP contribution in [0.5, 0.6) is 0 Å². The minimum absolute atomic E-state index is 0.0894. The predicted molar refractivity (Wildman–Crippen MR) is 103 cm³/mol. The number of anilines is 1. The highest BCUT2D eigenvalue weighted by atomic mass is 35.5. The zero-order valence-corrected chi connectivity index (χ0v) is 15.8. The van der Waals surface area contributed by atoms with E-state index in [4.69, 9.17) is 34.8 Å². The van der Waals surface area contributed by atoms with E-state index in [1.807, 2.05) is 12.1 Å². The highest BCUT2D eigenvalue weighted by Crippen LogP contribution is 2.27. The lowest BCUT2D eigenvalue weighted by Gasteiger charge is -2.21. The van der Waals surface area contributed by atoms with Crippen molar-refractivity contribution in [2.45, 2.75) is 13.3 Å². The van der Waals surface area contributed by atoms with Crippen molar-refractivity contribution in [3.8, 4) is 0 Å². The topological polar surface area (TPSA) is 49.4 Å². The molecule has 2 aromatic carbocycles. The van der Waals surface area contributed by atoms with Crippen molar-refractivity contribution in [2.75, 3.05) is 18.0 Å². The van der Waals surface area contributed by atoms with Crippen molar-refractivity contribution in [3.05, 3.63) is 63.1 Å². The van der Waals surface area contributed by atoms with Crippen LogP contribution in [0, 0.1) is 0 Å². The van der Waals surface area contributed by atoms with Crippen LogP contribution in [0.1, 0.15) is 12.5 Å². The highest BCUT2D eigenvalue weighted by Gasteiger charge is 2.16. The number of hydrogen-bond acceptors (Lipinski definition) is 2. The Labute approximate surface area is 161 Å². The molecular formula is C18H17Cl3N2O2. The molecule has 1 N–H and O–H groups in total. The Hall–Kier alpha value is -1.75. The summed E-state index contributed by atoms with van der Waals surface area (Å²) in [6, 6.07) is 12.2. The quantitative estimate of drug-likeness (QED) is 0.784. The van der Waals surface area contributed by atoms with Gasteiger partial charge in [-0.15, -0.1) is 0 Å². The summed E-state index contributed by atoms with van der Waals surface area (Å²) in [5.74, 6) is -0.513. The Morgan fingerprint density at radius 3 is 2.28 bits per heavy atom. The van der Waals surface area contributed by atoms with E-state index in [0.717, 1.165) is 5.56 Å². The summed E-state index contributed by atoms with van der Waals surface area (Å²) in [6.45, 7) is 1.77. The number of nitrogens with zero attached hydrogens (tertiary/aromatic N) is 1. The van der Waals surface area contributed by atoms with Crippen molar-refractivity contribution < 1.29 is 9.59 Å². The van der Waals surface area contributed by atoms with Gasteiger partial charge in [-0.1, -0.05) is 46.9 Å². The molecule has 2 amide bonds. The van der Waals surface area contributed by atoms with Gasteiger partial charge in [0.1, 0.15) is 6.54 Å². The molecule has 4 nitrogen and oxygen atoms in total. The van der Waals surface area contributed by atoms with Crippen molar-refractivity contribution in [3.63, 3.8) is 0 Å². The third kappa shape index (κ3) is 5.92. The third-order valence-corrected chi connectivity index (χ3v) is 4.54. The standard InChI is InChI=1S/C18H17Cl3N2O2/c1-12(24)23(15-6-7-16(20)17(21)10-15)11-18(25)22-9-8-13-2-4-14(19)5-3-13/h2-7,10H,8-9,11H2,1H3,(H,22,25). The van der Waals surface area contributed by atoms with Gasteiger partial charge < -0.3 is 10.2 Å². The predicted octanol–water partition coefficient (Wildman–Crippen LogP) is 4.36. The third-order valence-electron chi connectivity index (χ3n) is 3.55. The highest BCUT2D eigenvalue weighted by molar-refractivity contribution is 6.42. The molecule has 0 heterocycles. The van der Waals surface area contributed by atoms with E-state index in [9.17, 15) is 9.59 Å². The van der Waals surface area contributed by atoms with Crippen molar-refractivity contribution in [1.82, 2.24) is 5.32 Å². The smallest absolute Gasteiger partial charge is 0.240 e. The SMILES string of the molecule is CC(=O)N(CC(=O)NCCc1ccc(Cl)cc1)c1ccc(Cl)c(Cl)c1. The van der Waals surface area contributed by atoms with Crippen molar-refractivity contribution in [1.29, 1.82) is 0 Å². The molecule has 0 aromatic heterocycles. The Kier molecular flexibility index (Phi) is 7.12. The van der Waals surface area contributed by atoms with Crippen LogP contribution in [-0.2, 0) is 16.0 Å². The number of benzene rings is 2. The second kappa shape index (κ2) is 9.09. The summed E-state index contributed by atoms with van der Waals surface area (Å²) in [4.78, 5) is 25.3. The van der Waals surface area contributed by atoms with E-state index in [1.165, 1.54) is 11.8 Å². The summed E-state index contributed by atoms with van der Waals surface area (Å²) >= 11 is 17.7. The first kappa shape index (κ1) is 19.6. The summed E-state index contributed by atoms with van der Waals surface area (Å²) in [6.07, 6.45) is 0.676. The molecule has 2 aromatic rings.